The average molecular weight is 167 g/mol. The molecule has 0 aromatic carbocycles. The Balaban J connectivity index is 2.68. The molecular formula is C7H16ClP. The molecule has 9 heavy (non-hydrogen) atoms. The summed E-state index contributed by atoms with van der Waals surface area (Å²) in [5.41, 5.74) is 0. The number of hydrogen-bond donors (Lipinski definition) is 0. The van der Waals surface area contributed by atoms with Crippen molar-refractivity contribution in [3.05, 3.63) is 0 Å². The van der Waals surface area contributed by atoms with Gasteiger partial charge >= 0.3 is 62.1 Å². The molecule has 56 valence electrons. The van der Waals surface area contributed by atoms with Gasteiger partial charge in [0, 0.05) is 0 Å². The first-order valence-electron chi connectivity index (χ1n) is 3.77. The van der Waals surface area contributed by atoms with Gasteiger partial charge in [0.25, 0.3) is 0 Å². The van der Waals surface area contributed by atoms with Gasteiger partial charge in [0.2, 0.25) is 0 Å². The summed E-state index contributed by atoms with van der Waals surface area (Å²) in [5, 5.41) is 0. The van der Waals surface area contributed by atoms with Gasteiger partial charge in [0.15, 0.2) is 0 Å². The predicted octanol–water partition coefficient (Wildman–Crippen LogP) is 3.14. The second-order valence-corrected chi connectivity index (χ2v) is 12.6. The summed E-state index contributed by atoms with van der Waals surface area (Å²) >= 11 is 6.54. The van der Waals surface area contributed by atoms with Crippen LogP contribution in [0.5, 0.6) is 0 Å². The molecule has 0 aliphatic carbocycles. The van der Waals surface area contributed by atoms with Crippen molar-refractivity contribution in [3.63, 3.8) is 0 Å². The molecule has 2 heteroatoms. The van der Waals surface area contributed by atoms with E-state index in [2.05, 4.69) is 13.6 Å². The van der Waals surface area contributed by atoms with Crippen LogP contribution in [0.25, 0.3) is 0 Å². The molecule has 0 atom stereocenters. The Bertz CT molecular complexity index is 110. The molecule has 0 saturated carbocycles. The molecule has 0 spiro atoms. The van der Waals surface area contributed by atoms with E-state index in [1.54, 1.807) is 0 Å². The number of hydrogen-bond acceptors (Lipinski definition) is 0. The average Bonchev–Trinajstić information content (AvgIpc) is 2.14. The summed E-state index contributed by atoms with van der Waals surface area (Å²) in [6.07, 6.45) is 6.68. The summed E-state index contributed by atoms with van der Waals surface area (Å²) in [6, 6.07) is 0. The Morgan fingerprint density at radius 3 is 2.00 bits per heavy atom. The van der Waals surface area contributed by atoms with E-state index in [4.69, 9.17) is 11.2 Å². The predicted molar refractivity (Wildman–Crippen MR) is 48.2 cm³/mol. The molecule has 0 radical (unpaired) electrons. The van der Waals surface area contributed by atoms with Crippen molar-refractivity contribution in [1.29, 1.82) is 0 Å². The standard InChI is InChI=1S/C7H16ClP/c1-3-9(2,8)6-4-5-7-9/h3-7H2,1-2H3. The van der Waals surface area contributed by atoms with E-state index in [-0.39, 0.29) is 0 Å². The number of halogens is 1. The molecule has 0 unspecified atom stereocenters. The molecule has 0 aromatic heterocycles. The summed E-state index contributed by atoms with van der Waals surface area (Å²) < 4.78 is 0. The Kier molecular flexibility index (Phi) is 1.83. The van der Waals surface area contributed by atoms with Crippen LogP contribution in [-0.2, 0) is 0 Å². The molecule has 1 fully saturated rings. The Morgan fingerprint density at radius 1 is 1.33 bits per heavy atom. The summed E-state index contributed by atoms with van der Waals surface area (Å²) in [7, 11) is 0. The van der Waals surface area contributed by atoms with E-state index in [1.165, 1.54) is 31.3 Å². The molecule has 0 aromatic rings. The molecule has 1 aliphatic heterocycles. The van der Waals surface area contributed by atoms with Crippen LogP contribution in [0.3, 0.4) is 0 Å². The maximum atomic E-state index is 6.54. The van der Waals surface area contributed by atoms with E-state index in [0.29, 0.717) is 0 Å². The van der Waals surface area contributed by atoms with Crippen LogP contribution in [0.2, 0.25) is 0 Å². The first-order chi connectivity index (χ1) is 4.05. The van der Waals surface area contributed by atoms with E-state index in [0.717, 1.165) is 0 Å². The van der Waals surface area contributed by atoms with Crippen molar-refractivity contribution in [1.82, 2.24) is 0 Å². The quantitative estimate of drug-likeness (QED) is 0.525. The molecule has 0 amide bonds. The first-order valence-corrected chi connectivity index (χ1v) is 7.92. The van der Waals surface area contributed by atoms with E-state index >= 15 is 0 Å². The molecular weight excluding hydrogens is 151 g/mol. The van der Waals surface area contributed by atoms with Crippen molar-refractivity contribution in [2.24, 2.45) is 0 Å². The van der Waals surface area contributed by atoms with Gasteiger partial charge in [0.05, 0.1) is 0 Å². The molecule has 1 aliphatic rings. The Hall–Kier alpha value is 0.720. The van der Waals surface area contributed by atoms with Crippen LogP contribution in [0, 0.1) is 0 Å². The molecule has 0 nitrogen and oxygen atoms in total. The van der Waals surface area contributed by atoms with Gasteiger partial charge in [0.1, 0.15) is 0 Å². The van der Waals surface area contributed by atoms with Crippen LogP contribution in [-0.4, -0.2) is 25.2 Å². The van der Waals surface area contributed by atoms with Gasteiger partial charge in [-0.25, -0.2) is 0 Å². The Labute approximate surface area is 62.7 Å². The van der Waals surface area contributed by atoms with Crippen molar-refractivity contribution in [3.8, 4) is 0 Å². The van der Waals surface area contributed by atoms with E-state index in [1.807, 2.05) is 0 Å². The Morgan fingerprint density at radius 2 is 1.78 bits per heavy atom. The monoisotopic (exact) mass is 166 g/mol. The third kappa shape index (κ3) is 1.59. The van der Waals surface area contributed by atoms with Gasteiger partial charge in [-0.05, 0) is 0 Å². The topological polar surface area (TPSA) is 0 Å². The van der Waals surface area contributed by atoms with Crippen LogP contribution < -0.4 is 0 Å². The van der Waals surface area contributed by atoms with E-state index < -0.39 is 5.96 Å². The molecule has 0 N–H and O–H groups in total. The van der Waals surface area contributed by atoms with Crippen LogP contribution in [0.1, 0.15) is 19.8 Å². The molecule has 1 heterocycles. The van der Waals surface area contributed by atoms with Crippen molar-refractivity contribution >= 4 is 17.2 Å². The summed E-state index contributed by atoms with van der Waals surface area (Å²) in [5.74, 6) is -1.54. The second-order valence-electron chi connectivity index (χ2n) is 3.62. The normalized spacial score (nSPS) is 35.2. The fraction of sp³-hybridized carbons (Fsp3) is 1.00. The fourth-order valence-electron chi connectivity index (χ4n) is 1.53. The SMILES string of the molecule is CCP1(C)(Cl)CCCC1. The minimum absolute atomic E-state index is 1.24. The zero-order valence-corrected chi connectivity index (χ0v) is 8.01. The van der Waals surface area contributed by atoms with Gasteiger partial charge < -0.3 is 0 Å². The summed E-state index contributed by atoms with van der Waals surface area (Å²) in [4.78, 5) is 0. The third-order valence-electron chi connectivity index (χ3n) is 2.70. The van der Waals surface area contributed by atoms with Gasteiger partial charge in [-0.15, -0.1) is 0 Å². The van der Waals surface area contributed by atoms with Crippen molar-refractivity contribution in [2.75, 3.05) is 25.2 Å². The fourth-order valence-corrected chi connectivity index (χ4v) is 5.32. The van der Waals surface area contributed by atoms with Gasteiger partial charge in [-0.1, -0.05) is 0 Å². The van der Waals surface area contributed by atoms with E-state index in [9.17, 15) is 0 Å². The minimum atomic E-state index is -1.54. The number of rotatable bonds is 1. The molecule has 1 saturated heterocycles. The zero-order valence-electron chi connectivity index (χ0n) is 6.36. The van der Waals surface area contributed by atoms with Crippen LogP contribution >= 0.6 is 17.2 Å². The van der Waals surface area contributed by atoms with Crippen molar-refractivity contribution in [2.45, 2.75) is 19.8 Å². The summed E-state index contributed by atoms with van der Waals surface area (Å²) in [6.45, 7) is 4.58. The van der Waals surface area contributed by atoms with Gasteiger partial charge in [-0.2, -0.15) is 0 Å². The molecule has 1 rings (SSSR count). The second kappa shape index (κ2) is 2.10. The third-order valence-corrected chi connectivity index (χ3v) is 9.32. The van der Waals surface area contributed by atoms with Crippen LogP contribution in [0.4, 0.5) is 0 Å². The van der Waals surface area contributed by atoms with Crippen LogP contribution in [0.15, 0.2) is 0 Å². The van der Waals surface area contributed by atoms with Gasteiger partial charge in [-0.3, -0.25) is 0 Å². The maximum absolute atomic E-state index is 6.54. The molecule has 0 bridgehead atoms. The first kappa shape index (κ1) is 7.82. The zero-order chi connectivity index (χ0) is 6.98. The van der Waals surface area contributed by atoms with Crippen molar-refractivity contribution < 1.29 is 0 Å².